The molecule has 0 aliphatic carbocycles. The van der Waals surface area contributed by atoms with Crippen LogP contribution in [0.1, 0.15) is 17.3 Å². The molecule has 0 bridgehead atoms. The average Bonchev–Trinajstić information content (AvgIpc) is 2.30. The van der Waals surface area contributed by atoms with Gasteiger partial charge in [0.25, 0.3) is 0 Å². The molecule has 0 amide bonds. The Labute approximate surface area is 99.0 Å². The lowest BCUT2D eigenvalue weighted by atomic mass is 9.96. The lowest BCUT2D eigenvalue weighted by Crippen LogP contribution is -1.96. The van der Waals surface area contributed by atoms with Gasteiger partial charge in [0, 0.05) is 16.7 Å². The molecule has 2 aromatic rings. The summed E-state index contributed by atoms with van der Waals surface area (Å²) in [5, 5.41) is 19.6. The van der Waals surface area contributed by atoms with E-state index in [0.29, 0.717) is 16.7 Å². The van der Waals surface area contributed by atoms with Gasteiger partial charge in [-0.05, 0) is 19.1 Å². The quantitative estimate of drug-likeness (QED) is 0.777. The second kappa shape index (κ2) is 4.29. The van der Waals surface area contributed by atoms with E-state index in [9.17, 15) is 15.0 Å². The van der Waals surface area contributed by atoms with Gasteiger partial charge in [0.1, 0.15) is 11.5 Å². The summed E-state index contributed by atoms with van der Waals surface area (Å²) >= 11 is 0. The van der Waals surface area contributed by atoms with Gasteiger partial charge in [-0.25, -0.2) is 0 Å². The van der Waals surface area contributed by atoms with Crippen LogP contribution in [0, 0.1) is 0 Å². The van der Waals surface area contributed by atoms with E-state index in [1.54, 1.807) is 30.3 Å². The third-order valence-electron chi connectivity index (χ3n) is 2.60. The van der Waals surface area contributed by atoms with E-state index in [2.05, 4.69) is 0 Å². The molecule has 0 saturated heterocycles. The Hall–Kier alpha value is -2.29. The van der Waals surface area contributed by atoms with Crippen molar-refractivity contribution < 1.29 is 15.0 Å². The fraction of sp³-hybridized carbons (Fsp3) is 0.0714. The number of hydrogen-bond acceptors (Lipinski definition) is 3. The molecule has 0 heterocycles. The van der Waals surface area contributed by atoms with Crippen molar-refractivity contribution in [3.63, 3.8) is 0 Å². The standard InChI is InChI=1S/C14H12O3/c1-9(15)10-6-4-8-13(17)14(10)11-5-2-3-7-12(11)16/h2-8,16-17H,1H3. The van der Waals surface area contributed by atoms with Crippen molar-refractivity contribution in [2.24, 2.45) is 0 Å². The molecule has 0 aliphatic rings. The predicted octanol–water partition coefficient (Wildman–Crippen LogP) is 2.97. The SMILES string of the molecule is CC(=O)c1cccc(O)c1-c1ccccc1O. The third-order valence-corrected chi connectivity index (χ3v) is 2.60. The number of rotatable bonds is 2. The number of benzene rings is 2. The van der Waals surface area contributed by atoms with Gasteiger partial charge < -0.3 is 10.2 Å². The first-order valence-electron chi connectivity index (χ1n) is 5.22. The van der Waals surface area contributed by atoms with E-state index in [1.165, 1.54) is 19.1 Å². The molecule has 2 rings (SSSR count). The van der Waals surface area contributed by atoms with Gasteiger partial charge in [0.2, 0.25) is 0 Å². The molecule has 0 fully saturated rings. The summed E-state index contributed by atoms with van der Waals surface area (Å²) < 4.78 is 0. The van der Waals surface area contributed by atoms with Gasteiger partial charge >= 0.3 is 0 Å². The highest BCUT2D eigenvalue weighted by molar-refractivity contribution is 6.02. The van der Waals surface area contributed by atoms with Crippen molar-refractivity contribution in [3.8, 4) is 22.6 Å². The molecule has 17 heavy (non-hydrogen) atoms. The van der Waals surface area contributed by atoms with Crippen molar-refractivity contribution in [2.75, 3.05) is 0 Å². The second-order valence-electron chi connectivity index (χ2n) is 3.77. The predicted molar refractivity (Wildman–Crippen MR) is 65.2 cm³/mol. The maximum absolute atomic E-state index is 11.5. The number of hydrogen-bond donors (Lipinski definition) is 2. The van der Waals surface area contributed by atoms with Crippen LogP contribution in [0.5, 0.6) is 11.5 Å². The number of carbonyl (C=O) groups excluding carboxylic acids is 1. The fourth-order valence-corrected chi connectivity index (χ4v) is 1.80. The summed E-state index contributed by atoms with van der Waals surface area (Å²) in [5.74, 6) is -0.130. The smallest absolute Gasteiger partial charge is 0.160 e. The topological polar surface area (TPSA) is 57.5 Å². The van der Waals surface area contributed by atoms with E-state index in [0.717, 1.165) is 0 Å². The van der Waals surface area contributed by atoms with E-state index in [-0.39, 0.29) is 17.3 Å². The highest BCUT2D eigenvalue weighted by Crippen LogP contribution is 2.37. The van der Waals surface area contributed by atoms with Crippen LogP contribution < -0.4 is 0 Å². The van der Waals surface area contributed by atoms with Gasteiger partial charge in [-0.2, -0.15) is 0 Å². The summed E-state index contributed by atoms with van der Waals surface area (Å²) in [6.45, 7) is 1.43. The average molecular weight is 228 g/mol. The highest BCUT2D eigenvalue weighted by atomic mass is 16.3. The molecule has 0 aromatic heterocycles. The lowest BCUT2D eigenvalue weighted by molar-refractivity contribution is 0.101. The van der Waals surface area contributed by atoms with Crippen molar-refractivity contribution >= 4 is 5.78 Å². The molecule has 0 aliphatic heterocycles. The van der Waals surface area contributed by atoms with Crippen LogP contribution in [-0.4, -0.2) is 16.0 Å². The Balaban J connectivity index is 2.75. The van der Waals surface area contributed by atoms with Gasteiger partial charge in [-0.3, -0.25) is 4.79 Å². The molecule has 3 nitrogen and oxygen atoms in total. The van der Waals surface area contributed by atoms with Crippen LogP contribution >= 0.6 is 0 Å². The molecular formula is C14H12O3. The lowest BCUT2D eigenvalue weighted by Gasteiger charge is -2.10. The molecule has 2 aromatic carbocycles. The van der Waals surface area contributed by atoms with Crippen LogP contribution in [0.25, 0.3) is 11.1 Å². The summed E-state index contributed by atoms with van der Waals surface area (Å²) in [6, 6.07) is 11.3. The monoisotopic (exact) mass is 228 g/mol. The minimum Gasteiger partial charge on any atom is -0.507 e. The molecule has 0 saturated carbocycles. The molecule has 2 N–H and O–H groups in total. The molecule has 0 spiro atoms. The Morgan fingerprint density at radius 1 is 0.941 bits per heavy atom. The molecular weight excluding hydrogens is 216 g/mol. The van der Waals surface area contributed by atoms with Crippen LogP contribution in [0.3, 0.4) is 0 Å². The van der Waals surface area contributed by atoms with E-state index < -0.39 is 0 Å². The molecule has 0 radical (unpaired) electrons. The highest BCUT2D eigenvalue weighted by Gasteiger charge is 2.15. The van der Waals surface area contributed by atoms with Crippen molar-refractivity contribution in [2.45, 2.75) is 6.92 Å². The molecule has 3 heteroatoms. The van der Waals surface area contributed by atoms with Crippen LogP contribution in [0.4, 0.5) is 0 Å². The zero-order valence-corrected chi connectivity index (χ0v) is 9.34. The zero-order chi connectivity index (χ0) is 12.4. The van der Waals surface area contributed by atoms with Crippen LogP contribution in [0.15, 0.2) is 42.5 Å². The van der Waals surface area contributed by atoms with E-state index >= 15 is 0 Å². The zero-order valence-electron chi connectivity index (χ0n) is 9.34. The number of para-hydroxylation sites is 1. The summed E-state index contributed by atoms with van der Waals surface area (Å²) in [7, 11) is 0. The summed E-state index contributed by atoms with van der Waals surface area (Å²) in [4.78, 5) is 11.5. The Kier molecular flexibility index (Phi) is 2.83. The fourth-order valence-electron chi connectivity index (χ4n) is 1.80. The number of phenols is 2. The molecule has 0 unspecified atom stereocenters. The Morgan fingerprint density at radius 2 is 1.59 bits per heavy atom. The normalized spacial score (nSPS) is 10.2. The summed E-state index contributed by atoms with van der Waals surface area (Å²) in [6.07, 6.45) is 0. The molecule has 86 valence electrons. The maximum Gasteiger partial charge on any atom is 0.160 e. The van der Waals surface area contributed by atoms with Crippen molar-refractivity contribution in [3.05, 3.63) is 48.0 Å². The minimum atomic E-state index is -0.154. The summed E-state index contributed by atoms with van der Waals surface area (Å²) in [5.41, 5.74) is 1.22. The van der Waals surface area contributed by atoms with Crippen LogP contribution in [0.2, 0.25) is 0 Å². The molecule has 0 atom stereocenters. The maximum atomic E-state index is 11.5. The van der Waals surface area contributed by atoms with Gasteiger partial charge in [-0.15, -0.1) is 0 Å². The Bertz CT molecular complexity index is 573. The number of Topliss-reactive ketones (excluding diaryl/α,β-unsaturated/α-hetero) is 1. The largest absolute Gasteiger partial charge is 0.507 e. The number of phenolic OH excluding ortho intramolecular Hbond substituents is 2. The number of ketones is 1. The minimum absolute atomic E-state index is 0.0146. The van der Waals surface area contributed by atoms with Crippen LogP contribution in [-0.2, 0) is 0 Å². The number of carbonyl (C=O) groups is 1. The first-order valence-corrected chi connectivity index (χ1v) is 5.22. The van der Waals surface area contributed by atoms with Crippen molar-refractivity contribution in [1.82, 2.24) is 0 Å². The van der Waals surface area contributed by atoms with E-state index in [1.807, 2.05) is 0 Å². The van der Waals surface area contributed by atoms with Gasteiger partial charge in [-0.1, -0.05) is 30.3 Å². The second-order valence-corrected chi connectivity index (χ2v) is 3.77. The van der Waals surface area contributed by atoms with Gasteiger partial charge in [0.15, 0.2) is 5.78 Å². The van der Waals surface area contributed by atoms with Gasteiger partial charge in [0.05, 0.1) is 0 Å². The first-order chi connectivity index (χ1) is 8.11. The first kappa shape index (κ1) is 11.2. The Morgan fingerprint density at radius 3 is 2.24 bits per heavy atom. The van der Waals surface area contributed by atoms with E-state index in [4.69, 9.17) is 0 Å². The number of aromatic hydroxyl groups is 2. The third kappa shape index (κ3) is 1.99. The van der Waals surface area contributed by atoms with Crippen molar-refractivity contribution in [1.29, 1.82) is 0 Å².